The van der Waals surface area contributed by atoms with Crippen LogP contribution in [0.4, 0.5) is 0 Å². The quantitative estimate of drug-likeness (QED) is 0.169. The maximum atomic E-state index is 12.6. The Balaban J connectivity index is 1.46. The van der Waals surface area contributed by atoms with Crippen LogP contribution in [-0.2, 0) is 32.5 Å². The van der Waals surface area contributed by atoms with Crippen LogP contribution in [0.3, 0.4) is 0 Å². The van der Waals surface area contributed by atoms with E-state index >= 15 is 0 Å². The predicted molar refractivity (Wildman–Crippen MR) is 357 cm³/mol. The molecular formula is C79H82N4. The van der Waals surface area contributed by atoms with Gasteiger partial charge in [0.25, 0.3) is 0 Å². The van der Waals surface area contributed by atoms with Crippen LogP contribution < -0.4 is 0 Å². The van der Waals surface area contributed by atoms with Gasteiger partial charge in [0.15, 0.2) is 0 Å². The molecule has 0 saturated heterocycles. The normalized spacial score (nSPS) is 13.2. The fraction of sp³-hybridized carbons (Fsp3) is 0.304. The molecule has 0 aliphatic carbocycles. The summed E-state index contributed by atoms with van der Waals surface area (Å²) >= 11 is 0. The van der Waals surface area contributed by atoms with Crippen molar-refractivity contribution in [1.82, 2.24) is 13.7 Å². The van der Waals surface area contributed by atoms with Crippen molar-refractivity contribution in [3.05, 3.63) is 209 Å². The van der Waals surface area contributed by atoms with Gasteiger partial charge in [-0.15, -0.1) is 0 Å². The van der Waals surface area contributed by atoms with E-state index < -0.39 is 0 Å². The van der Waals surface area contributed by atoms with Crippen LogP contribution in [0.25, 0.3) is 105 Å². The number of hydrogen-bond acceptors (Lipinski definition) is 1. The highest BCUT2D eigenvalue weighted by molar-refractivity contribution is 6.17. The fourth-order valence-electron chi connectivity index (χ4n) is 12.8. The summed E-state index contributed by atoms with van der Waals surface area (Å²) in [6, 6.07) is 67.6. The molecule has 3 heterocycles. The molecule has 418 valence electrons. The maximum absolute atomic E-state index is 12.6. The van der Waals surface area contributed by atoms with Crippen LogP contribution in [0.1, 0.15) is 164 Å². The lowest BCUT2D eigenvalue weighted by Gasteiger charge is -2.29. The van der Waals surface area contributed by atoms with Gasteiger partial charge in [-0.2, -0.15) is 5.26 Å². The number of benzene rings is 9. The van der Waals surface area contributed by atoms with Gasteiger partial charge in [-0.25, -0.2) is 0 Å². The molecule has 0 aliphatic rings. The molecule has 12 aromatic rings. The molecule has 12 rings (SSSR count). The zero-order valence-electron chi connectivity index (χ0n) is 52.5. The van der Waals surface area contributed by atoms with Gasteiger partial charge in [-0.1, -0.05) is 222 Å². The van der Waals surface area contributed by atoms with E-state index in [-0.39, 0.29) is 32.5 Å². The van der Waals surface area contributed by atoms with Crippen molar-refractivity contribution in [2.75, 3.05) is 0 Å². The Morgan fingerprint density at radius 2 is 0.470 bits per heavy atom. The predicted octanol–water partition coefficient (Wildman–Crippen LogP) is 22.0. The molecule has 0 amide bonds. The first-order valence-electron chi connectivity index (χ1n) is 30.0. The lowest BCUT2D eigenvalue weighted by atomic mass is 9.85. The Bertz CT molecular complexity index is 4210. The molecule has 0 fully saturated rings. The van der Waals surface area contributed by atoms with Crippen LogP contribution in [-0.4, -0.2) is 13.7 Å². The van der Waals surface area contributed by atoms with E-state index in [4.69, 9.17) is 0 Å². The smallest absolute Gasteiger partial charge is 0.101 e. The van der Waals surface area contributed by atoms with E-state index in [1.807, 2.05) is 0 Å². The molecule has 0 radical (unpaired) electrons. The largest absolute Gasteiger partial charge is 0.306 e. The number of aromatic nitrogens is 3. The third kappa shape index (κ3) is 9.18. The van der Waals surface area contributed by atoms with Crippen molar-refractivity contribution >= 4 is 65.4 Å². The first-order valence-corrected chi connectivity index (χ1v) is 30.0. The topological polar surface area (TPSA) is 38.6 Å². The van der Waals surface area contributed by atoms with Crippen molar-refractivity contribution in [3.63, 3.8) is 0 Å². The van der Waals surface area contributed by atoms with E-state index in [2.05, 4.69) is 314 Å². The number of nitriles is 1. The summed E-state index contributed by atoms with van der Waals surface area (Å²) in [5.74, 6) is 0. The summed E-state index contributed by atoms with van der Waals surface area (Å²) in [6.07, 6.45) is 0. The molecule has 9 aromatic carbocycles. The molecule has 0 N–H and O–H groups in total. The van der Waals surface area contributed by atoms with E-state index in [1.165, 1.54) is 65.7 Å². The molecule has 0 unspecified atom stereocenters. The Hall–Kier alpha value is -8.13. The van der Waals surface area contributed by atoms with Gasteiger partial charge in [-0.05, 0) is 150 Å². The summed E-state index contributed by atoms with van der Waals surface area (Å²) in [4.78, 5) is 0. The Morgan fingerprint density at radius 1 is 0.265 bits per heavy atom. The second kappa shape index (κ2) is 19.0. The maximum Gasteiger partial charge on any atom is 0.101 e. The molecular weight excluding hydrogens is 1000 g/mol. The second-order valence-corrected chi connectivity index (χ2v) is 29.9. The monoisotopic (exact) mass is 1090 g/mol. The summed E-state index contributed by atoms with van der Waals surface area (Å²) < 4.78 is 7.70. The van der Waals surface area contributed by atoms with Gasteiger partial charge in [0.1, 0.15) is 6.07 Å². The van der Waals surface area contributed by atoms with Crippen LogP contribution in [0.15, 0.2) is 170 Å². The highest BCUT2D eigenvalue weighted by atomic mass is 15.1. The van der Waals surface area contributed by atoms with Gasteiger partial charge in [0.05, 0.1) is 55.7 Å². The fourth-order valence-corrected chi connectivity index (χ4v) is 12.8. The summed E-state index contributed by atoms with van der Waals surface area (Å²) in [6.45, 7) is 41.7. The molecule has 0 saturated carbocycles. The van der Waals surface area contributed by atoms with Crippen LogP contribution in [0, 0.1) is 11.3 Å². The number of rotatable bonds is 5. The average molecular weight is 1090 g/mol. The van der Waals surface area contributed by atoms with E-state index in [0.717, 1.165) is 72.4 Å². The van der Waals surface area contributed by atoms with Crippen molar-refractivity contribution in [1.29, 1.82) is 5.26 Å². The van der Waals surface area contributed by atoms with Crippen molar-refractivity contribution in [3.8, 4) is 45.4 Å². The molecule has 4 nitrogen and oxygen atoms in total. The minimum Gasteiger partial charge on any atom is -0.306 e. The first-order chi connectivity index (χ1) is 38.9. The molecule has 4 heteroatoms. The lowest BCUT2D eigenvalue weighted by Crippen LogP contribution is -2.15. The zero-order valence-corrected chi connectivity index (χ0v) is 52.5. The first kappa shape index (κ1) is 55.4. The van der Waals surface area contributed by atoms with Crippen LogP contribution in [0.5, 0.6) is 0 Å². The molecule has 3 aromatic heterocycles. The molecule has 0 spiro atoms. The molecule has 83 heavy (non-hydrogen) atoms. The van der Waals surface area contributed by atoms with Gasteiger partial charge >= 0.3 is 0 Å². The Kier molecular flexibility index (Phi) is 12.7. The summed E-state index contributed by atoms with van der Waals surface area (Å²) in [5.41, 5.74) is 20.7. The van der Waals surface area contributed by atoms with Gasteiger partial charge in [0.2, 0.25) is 0 Å². The van der Waals surface area contributed by atoms with E-state index in [1.54, 1.807) is 0 Å². The standard InChI is InChI=1S/C79H82N4/c1-74(2,3)50-29-35-63-56(41-50)57-42-51(75(4,5)6)30-36-64(57)81(63)71-69(48-25-21-19-22-26-48)62(47-80)70(49-27-23-20-24-28-49)72(82-65-37-31-52(76(7,8)9)43-58(65)59-44-53(77(10,11)12)32-38-66(59)82)73(71)83-67-39-33-54(78(13,14)15)45-60(67)61-46-55(79(16,17)18)34-40-68(61)83/h19-46H,1-18H3. The minimum absolute atomic E-state index is 0.111. The number of hydrogen-bond donors (Lipinski definition) is 0. The average Bonchev–Trinajstić information content (AvgIpc) is 3.14. The van der Waals surface area contributed by atoms with Crippen LogP contribution >= 0.6 is 0 Å². The lowest BCUT2D eigenvalue weighted by molar-refractivity contribution is 0.590. The third-order valence-corrected chi connectivity index (χ3v) is 17.8. The van der Waals surface area contributed by atoms with Crippen molar-refractivity contribution < 1.29 is 0 Å². The number of nitrogens with zero attached hydrogens (tertiary/aromatic N) is 4. The van der Waals surface area contributed by atoms with Gasteiger partial charge in [0, 0.05) is 43.4 Å². The highest BCUT2D eigenvalue weighted by Crippen LogP contribution is 2.53. The minimum atomic E-state index is -0.114. The number of fused-ring (bicyclic) bond motifs is 9. The third-order valence-electron chi connectivity index (χ3n) is 17.8. The SMILES string of the molecule is CC(C)(C)c1ccc2c(c1)c1cc(C(C)(C)C)ccc1n2-c1c(-c2ccccc2)c(C#N)c(-c2ccccc2)c(-n2c3ccc(C(C)(C)C)cc3c3cc(C(C)(C)C)ccc32)c1-n1c2ccc(C(C)(C)C)cc2c2cc(C(C)(C)C)ccc21. The highest BCUT2D eigenvalue weighted by Gasteiger charge is 2.35. The van der Waals surface area contributed by atoms with Crippen molar-refractivity contribution in [2.45, 2.75) is 157 Å². The molecule has 0 bridgehead atoms. The summed E-state index contributed by atoms with van der Waals surface area (Å²) in [7, 11) is 0. The Morgan fingerprint density at radius 3 is 0.663 bits per heavy atom. The van der Waals surface area contributed by atoms with Crippen LogP contribution in [0.2, 0.25) is 0 Å². The van der Waals surface area contributed by atoms with E-state index in [0.29, 0.717) is 5.56 Å². The van der Waals surface area contributed by atoms with Crippen molar-refractivity contribution in [2.24, 2.45) is 0 Å². The summed E-state index contributed by atoms with van der Waals surface area (Å²) in [5, 5.41) is 19.8. The Labute approximate surface area is 493 Å². The molecule has 0 aliphatic heterocycles. The van der Waals surface area contributed by atoms with Gasteiger partial charge in [-0.3, -0.25) is 0 Å². The molecule has 0 atom stereocenters. The van der Waals surface area contributed by atoms with Gasteiger partial charge < -0.3 is 13.7 Å². The second-order valence-electron chi connectivity index (χ2n) is 29.9. The zero-order chi connectivity index (χ0) is 59.2. The van der Waals surface area contributed by atoms with E-state index in [9.17, 15) is 5.26 Å².